The second-order valence-electron chi connectivity index (χ2n) is 5.96. The highest BCUT2D eigenvalue weighted by Gasteiger charge is 2.22. The molecule has 0 aliphatic carbocycles. The lowest BCUT2D eigenvalue weighted by Gasteiger charge is -2.17. The van der Waals surface area contributed by atoms with Crippen LogP contribution in [0.15, 0.2) is 0 Å². The molecule has 0 radical (unpaired) electrons. The van der Waals surface area contributed by atoms with E-state index in [9.17, 15) is 0 Å². The molecule has 0 aromatic heterocycles. The molecule has 0 bridgehead atoms. The molecule has 0 saturated carbocycles. The molecule has 1 aliphatic rings. The van der Waals surface area contributed by atoms with Gasteiger partial charge in [-0.05, 0) is 6.42 Å². The maximum absolute atomic E-state index is 5.90. The minimum absolute atomic E-state index is 0.704. The third-order valence-corrected chi connectivity index (χ3v) is 6.97. The first kappa shape index (κ1) is 16.5. The highest BCUT2D eigenvalue weighted by Crippen LogP contribution is 2.18. The number of hydrogen-bond acceptors (Lipinski definition) is 1. The van der Waals surface area contributed by atoms with Gasteiger partial charge in [-0.2, -0.15) is 0 Å². The topological polar surface area (TPSA) is 9.23 Å². The van der Waals surface area contributed by atoms with Gasteiger partial charge < -0.3 is 3.79 Å². The Hall–Kier alpha value is 0.492. The van der Waals surface area contributed by atoms with Crippen molar-refractivity contribution in [2.75, 3.05) is 6.61 Å². The van der Waals surface area contributed by atoms with E-state index in [2.05, 4.69) is 6.92 Å². The summed E-state index contributed by atoms with van der Waals surface area (Å²) in [5, 5.41) is 2.91. The molecule has 0 aromatic carbocycles. The van der Waals surface area contributed by atoms with Crippen LogP contribution in [-0.2, 0) is 3.79 Å². The van der Waals surface area contributed by atoms with Crippen LogP contribution in [0, 0.1) is 0 Å². The third-order valence-electron chi connectivity index (χ3n) is 4.15. The molecule has 1 heterocycles. The fraction of sp³-hybridized carbons (Fsp3) is 1.00. The van der Waals surface area contributed by atoms with E-state index in [4.69, 9.17) is 3.79 Å². The quantitative estimate of drug-likeness (QED) is 0.344. The highest BCUT2D eigenvalue weighted by atomic mass is 27.2. The standard InChI is InChI=1S/C12H25.C4H8O.Al/c1-3-5-7-9-11-12-10-8-6-4-2;1-2-3-4-5;/h1,3-12H2,2H3;1-4H2;/q;-1;+1. The molecular formula is C16H33AlO. The summed E-state index contributed by atoms with van der Waals surface area (Å²) in [6, 6.07) is 0. The van der Waals surface area contributed by atoms with Gasteiger partial charge in [-0.3, -0.25) is 0 Å². The number of hydrogen-bond donors (Lipinski definition) is 0. The first-order valence-electron chi connectivity index (χ1n) is 8.55. The Labute approximate surface area is 119 Å². The SMILES string of the molecule is CCCCCCCCCCC[CH2][Al]1[CH2]CCC[O]1. The summed E-state index contributed by atoms with van der Waals surface area (Å²) in [6.07, 6.45) is 17.3. The molecule has 1 saturated heterocycles. The first-order valence-corrected chi connectivity index (χ1v) is 10.7. The van der Waals surface area contributed by atoms with Crippen molar-refractivity contribution in [2.45, 2.75) is 94.5 Å². The van der Waals surface area contributed by atoms with Crippen LogP contribution >= 0.6 is 0 Å². The van der Waals surface area contributed by atoms with Gasteiger partial charge in [-0.25, -0.2) is 0 Å². The Morgan fingerprint density at radius 2 is 1.39 bits per heavy atom. The molecule has 2 heteroatoms. The lowest BCUT2D eigenvalue weighted by molar-refractivity contribution is 0.285. The molecule has 0 unspecified atom stereocenters. The van der Waals surface area contributed by atoms with Crippen LogP contribution in [0.1, 0.15) is 84.0 Å². The molecule has 18 heavy (non-hydrogen) atoms. The lowest BCUT2D eigenvalue weighted by Crippen LogP contribution is -2.22. The van der Waals surface area contributed by atoms with E-state index in [-0.39, 0.29) is 0 Å². The van der Waals surface area contributed by atoms with Crippen molar-refractivity contribution < 1.29 is 3.79 Å². The summed E-state index contributed by atoms with van der Waals surface area (Å²) in [5.41, 5.74) is 0. The number of rotatable bonds is 11. The predicted octanol–water partition coefficient (Wildman–Crippen LogP) is 5.71. The summed E-state index contributed by atoms with van der Waals surface area (Å²) in [4.78, 5) is 0. The zero-order valence-corrected chi connectivity index (χ0v) is 13.7. The van der Waals surface area contributed by atoms with E-state index in [0.717, 1.165) is 6.61 Å². The minimum Gasteiger partial charge on any atom is -0.501 e. The third kappa shape index (κ3) is 9.43. The Bertz CT molecular complexity index is 166. The van der Waals surface area contributed by atoms with Crippen molar-refractivity contribution in [1.29, 1.82) is 0 Å². The summed E-state index contributed by atoms with van der Waals surface area (Å²) in [7, 11) is 0. The molecular weight excluding hydrogens is 235 g/mol. The number of unbranched alkanes of at least 4 members (excludes halogenated alkanes) is 9. The van der Waals surface area contributed by atoms with Gasteiger partial charge in [0.15, 0.2) is 0 Å². The Morgan fingerprint density at radius 1 is 0.778 bits per heavy atom. The van der Waals surface area contributed by atoms with Crippen LogP contribution in [0.25, 0.3) is 0 Å². The molecule has 0 N–H and O–H groups in total. The Kier molecular flexibility index (Phi) is 11.5. The van der Waals surface area contributed by atoms with E-state index >= 15 is 0 Å². The van der Waals surface area contributed by atoms with Gasteiger partial charge in [0.05, 0.1) is 0 Å². The second kappa shape index (κ2) is 12.5. The summed E-state index contributed by atoms with van der Waals surface area (Å²) in [6.45, 7) is 3.37. The average Bonchev–Trinajstić information content (AvgIpc) is 2.42. The average molecular weight is 268 g/mol. The van der Waals surface area contributed by atoms with E-state index in [0.29, 0.717) is 0 Å². The zero-order chi connectivity index (χ0) is 12.9. The highest BCUT2D eigenvalue weighted by molar-refractivity contribution is 6.51. The van der Waals surface area contributed by atoms with Gasteiger partial charge in [0.2, 0.25) is 0 Å². The smallest absolute Gasteiger partial charge is 0.460 e. The van der Waals surface area contributed by atoms with Gasteiger partial charge in [0.1, 0.15) is 0 Å². The molecule has 1 fully saturated rings. The molecule has 106 valence electrons. The monoisotopic (exact) mass is 268 g/mol. The molecule has 0 aromatic rings. The maximum atomic E-state index is 5.90. The predicted molar refractivity (Wildman–Crippen MR) is 82.4 cm³/mol. The molecule has 0 amide bonds. The van der Waals surface area contributed by atoms with Gasteiger partial charge in [-0.1, -0.05) is 88.1 Å². The molecule has 1 rings (SSSR count). The van der Waals surface area contributed by atoms with Gasteiger partial charge in [0, 0.05) is 6.61 Å². The van der Waals surface area contributed by atoms with Crippen molar-refractivity contribution >= 4 is 14.5 Å². The zero-order valence-electron chi connectivity index (χ0n) is 12.6. The van der Waals surface area contributed by atoms with Crippen LogP contribution < -0.4 is 0 Å². The van der Waals surface area contributed by atoms with E-state index < -0.39 is 14.5 Å². The fourth-order valence-electron chi connectivity index (χ4n) is 2.89. The van der Waals surface area contributed by atoms with Crippen molar-refractivity contribution in [2.24, 2.45) is 0 Å². The van der Waals surface area contributed by atoms with Crippen LogP contribution in [0.5, 0.6) is 0 Å². The first-order chi connectivity index (χ1) is 8.93. The largest absolute Gasteiger partial charge is 0.501 e. The van der Waals surface area contributed by atoms with Crippen LogP contribution in [0.2, 0.25) is 10.6 Å². The molecule has 0 atom stereocenters. The Morgan fingerprint density at radius 3 is 1.94 bits per heavy atom. The van der Waals surface area contributed by atoms with Crippen molar-refractivity contribution in [3.63, 3.8) is 0 Å². The van der Waals surface area contributed by atoms with Crippen LogP contribution in [0.3, 0.4) is 0 Å². The normalized spacial score (nSPS) is 16.2. The summed E-state index contributed by atoms with van der Waals surface area (Å²) < 4.78 is 5.90. The molecule has 1 nitrogen and oxygen atoms in total. The fourth-order valence-corrected chi connectivity index (χ4v) is 5.50. The minimum atomic E-state index is -0.704. The molecule has 1 aliphatic heterocycles. The van der Waals surface area contributed by atoms with Crippen molar-refractivity contribution in [1.82, 2.24) is 0 Å². The van der Waals surface area contributed by atoms with E-state index in [1.54, 1.807) is 0 Å². The van der Waals surface area contributed by atoms with Gasteiger partial charge in [-0.15, -0.1) is 0 Å². The summed E-state index contributed by atoms with van der Waals surface area (Å²) in [5.74, 6) is 0. The van der Waals surface area contributed by atoms with Crippen molar-refractivity contribution in [3.8, 4) is 0 Å². The second-order valence-corrected chi connectivity index (χ2v) is 8.69. The van der Waals surface area contributed by atoms with Crippen LogP contribution in [0.4, 0.5) is 0 Å². The van der Waals surface area contributed by atoms with E-state index in [1.165, 1.54) is 87.6 Å². The molecule has 0 spiro atoms. The van der Waals surface area contributed by atoms with Gasteiger partial charge >= 0.3 is 14.5 Å². The van der Waals surface area contributed by atoms with Crippen molar-refractivity contribution in [3.05, 3.63) is 0 Å². The maximum Gasteiger partial charge on any atom is 0.460 e. The van der Waals surface area contributed by atoms with Crippen LogP contribution in [-0.4, -0.2) is 21.1 Å². The summed E-state index contributed by atoms with van der Waals surface area (Å²) >= 11 is -0.704. The van der Waals surface area contributed by atoms with Gasteiger partial charge in [0.25, 0.3) is 0 Å². The lowest BCUT2D eigenvalue weighted by atomic mass is 10.1. The Balaban J connectivity index is 1.73. The van der Waals surface area contributed by atoms with E-state index in [1.807, 2.05) is 0 Å².